The van der Waals surface area contributed by atoms with E-state index in [1.165, 1.54) is 0 Å². The standard InChI is InChI=1S/C14H22N4O2/c1-3-6-17-13(19)9-18(2)8-11-5-4-10(14(16)20)7-12(11)15/h4-5,7H,3,6,8-9,15H2,1-2H3,(H2,16,20)(H,17,19). The van der Waals surface area contributed by atoms with Crippen LogP contribution in [0.3, 0.4) is 0 Å². The maximum Gasteiger partial charge on any atom is 0.248 e. The molecule has 0 saturated carbocycles. The Bertz CT molecular complexity index is 488. The van der Waals surface area contributed by atoms with Crippen LogP contribution in [-0.2, 0) is 11.3 Å². The van der Waals surface area contributed by atoms with E-state index in [1.807, 2.05) is 18.9 Å². The minimum Gasteiger partial charge on any atom is -0.398 e. The van der Waals surface area contributed by atoms with E-state index in [1.54, 1.807) is 18.2 Å². The Balaban J connectivity index is 2.59. The first-order chi connectivity index (χ1) is 9.43. The number of nitrogen functional groups attached to an aromatic ring is 1. The van der Waals surface area contributed by atoms with Crippen LogP contribution in [-0.4, -0.2) is 36.9 Å². The fourth-order valence-corrected chi connectivity index (χ4v) is 1.80. The molecule has 6 nitrogen and oxygen atoms in total. The first-order valence-corrected chi connectivity index (χ1v) is 6.57. The molecule has 1 aromatic carbocycles. The van der Waals surface area contributed by atoms with Crippen molar-refractivity contribution < 1.29 is 9.59 Å². The van der Waals surface area contributed by atoms with Gasteiger partial charge in [0.15, 0.2) is 0 Å². The third-order valence-corrected chi connectivity index (χ3v) is 2.86. The molecule has 0 fully saturated rings. The Morgan fingerprint density at radius 2 is 2.05 bits per heavy atom. The molecule has 0 radical (unpaired) electrons. The number of nitrogens with two attached hydrogens (primary N) is 2. The van der Waals surface area contributed by atoms with Crippen molar-refractivity contribution in [3.05, 3.63) is 29.3 Å². The van der Waals surface area contributed by atoms with Crippen molar-refractivity contribution in [1.82, 2.24) is 10.2 Å². The van der Waals surface area contributed by atoms with Gasteiger partial charge in [0.2, 0.25) is 11.8 Å². The fraction of sp³-hybridized carbons (Fsp3) is 0.429. The smallest absolute Gasteiger partial charge is 0.248 e. The van der Waals surface area contributed by atoms with Gasteiger partial charge in [0, 0.05) is 24.3 Å². The van der Waals surface area contributed by atoms with Crippen LogP contribution < -0.4 is 16.8 Å². The molecule has 20 heavy (non-hydrogen) atoms. The summed E-state index contributed by atoms with van der Waals surface area (Å²) in [6.07, 6.45) is 0.914. The largest absolute Gasteiger partial charge is 0.398 e. The van der Waals surface area contributed by atoms with Crippen molar-refractivity contribution in [3.63, 3.8) is 0 Å². The molecule has 0 aliphatic carbocycles. The average molecular weight is 278 g/mol. The quantitative estimate of drug-likeness (QED) is 0.625. The number of carbonyl (C=O) groups excluding carboxylic acids is 2. The molecule has 0 spiro atoms. The van der Waals surface area contributed by atoms with Gasteiger partial charge in [0.05, 0.1) is 6.54 Å². The van der Waals surface area contributed by atoms with Crippen molar-refractivity contribution in [2.24, 2.45) is 5.73 Å². The predicted octanol–water partition coefficient (Wildman–Crippen LogP) is 0.326. The monoisotopic (exact) mass is 278 g/mol. The van der Waals surface area contributed by atoms with Crippen molar-refractivity contribution in [2.75, 3.05) is 25.9 Å². The van der Waals surface area contributed by atoms with E-state index in [0.29, 0.717) is 30.9 Å². The van der Waals surface area contributed by atoms with Crippen LogP contribution in [0.1, 0.15) is 29.3 Å². The van der Waals surface area contributed by atoms with Crippen LogP contribution in [0.15, 0.2) is 18.2 Å². The Morgan fingerprint density at radius 3 is 2.60 bits per heavy atom. The van der Waals surface area contributed by atoms with Gasteiger partial charge in [-0.1, -0.05) is 13.0 Å². The summed E-state index contributed by atoms with van der Waals surface area (Å²) < 4.78 is 0. The van der Waals surface area contributed by atoms with Crippen LogP contribution in [0.5, 0.6) is 0 Å². The summed E-state index contributed by atoms with van der Waals surface area (Å²) >= 11 is 0. The highest BCUT2D eigenvalue weighted by atomic mass is 16.2. The summed E-state index contributed by atoms with van der Waals surface area (Å²) in [5.41, 5.74) is 12.8. The van der Waals surface area contributed by atoms with Crippen LogP contribution in [0.25, 0.3) is 0 Å². The van der Waals surface area contributed by atoms with Gasteiger partial charge in [-0.05, 0) is 31.2 Å². The van der Waals surface area contributed by atoms with Crippen molar-refractivity contribution in [3.8, 4) is 0 Å². The third-order valence-electron chi connectivity index (χ3n) is 2.86. The van der Waals surface area contributed by atoms with E-state index in [9.17, 15) is 9.59 Å². The fourth-order valence-electron chi connectivity index (χ4n) is 1.80. The first kappa shape index (κ1) is 16.0. The molecule has 0 heterocycles. The van der Waals surface area contributed by atoms with E-state index >= 15 is 0 Å². The summed E-state index contributed by atoms with van der Waals surface area (Å²) in [6, 6.07) is 4.96. The molecule has 0 atom stereocenters. The highest BCUT2D eigenvalue weighted by molar-refractivity contribution is 5.93. The van der Waals surface area contributed by atoms with Crippen LogP contribution >= 0.6 is 0 Å². The first-order valence-electron chi connectivity index (χ1n) is 6.57. The molecule has 110 valence electrons. The molecule has 0 saturated heterocycles. The van der Waals surface area contributed by atoms with E-state index in [0.717, 1.165) is 12.0 Å². The Hall–Kier alpha value is -2.08. The molecule has 0 aliphatic heterocycles. The van der Waals surface area contributed by atoms with E-state index in [4.69, 9.17) is 11.5 Å². The molecule has 1 rings (SSSR count). The van der Waals surface area contributed by atoms with Crippen molar-refractivity contribution in [2.45, 2.75) is 19.9 Å². The van der Waals surface area contributed by atoms with Gasteiger partial charge in [-0.15, -0.1) is 0 Å². The molecule has 0 aliphatic rings. The molecular formula is C14H22N4O2. The predicted molar refractivity (Wildman–Crippen MR) is 79.0 cm³/mol. The number of carbonyl (C=O) groups is 2. The zero-order valence-electron chi connectivity index (χ0n) is 12.0. The van der Waals surface area contributed by atoms with Gasteiger partial charge in [-0.25, -0.2) is 0 Å². The van der Waals surface area contributed by atoms with Crippen LogP contribution in [0.4, 0.5) is 5.69 Å². The summed E-state index contributed by atoms with van der Waals surface area (Å²) in [7, 11) is 1.84. The van der Waals surface area contributed by atoms with E-state index in [-0.39, 0.29) is 5.91 Å². The highest BCUT2D eigenvalue weighted by Gasteiger charge is 2.10. The third kappa shape index (κ3) is 4.89. The highest BCUT2D eigenvalue weighted by Crippen LogP contribution is 2.15. The summed E-state index contributed by atoms with van der Waals surface area (Å²) in [6.45, 7) is 3.52. The number of likely N-dealkylation sites (N-methyl/N-ethyl adjacent to an activating group) is 1. The maximum absolute atomic E-state index is 11.6. The number of hydrogen-bond donors (Lipinski definition) is 3. The second-order valence-electron chi connectivity index (χ2n) is 4.80. The van der Waals surface area contributed by atoms with Gasteiger partial charge in [-0.3, -0.25) is 14.5 Å². The SMILES string of the molecule is CCCNC(=O)CN(C)Cc1ccc(C(N)=O)cc1N. The van der Waals surface area contributed by atoms with Gasteiger partial charge in [-0.2, -0.15) is 0 Å². The number of benzene rings is 1. The summed E-state index contributed by atoms with van der Waals surface area (Å²) in [5.74, 6) is -0.516. The van der Waals surface area contributed by atoms with Gasteiger partial charge in [0.25, 0.3) is 0 Å². The molecular weight excluding hydrogens is 256 g/mol. The summed E-state index contributed by atoms with van der Waals surface area (Å²) in [4.78, 5) is 24.5. The van der Waals surface area contributed by atoms with Gasteiger partial charge >= 0.3 is 0 Å². The molecule has 6 heteroatoms. The number of primary amides is 1. The van der Waals surface area contributed by atoms with Crippen molar-refractivity contribution in [1.29, 1.82) is 0 Å². The Labute approximate surface area is 119 Å². The lowest BCUT2D eigenvalue weighted by molar-refractivity contribution is -0.122. The number of anilines is 1. The molecule has 0 aromatic heterocycles. The minimum atomic E-state index is -0.504. The molecule has 5 N–H and O–H groups in total. The number of nitrogens with zero attached hydrogens (tertiary/aromatic N) is 1. The molecule has 2 amide bonds. The molecule has 0 unspecified atom stereocenters. The normalized spacial score (nSPS) is 10.6. The second-order valence-corrected chi connectivity index (χ2v) is 4.80. The average Bonchev–Trinajstić information content (AvgIpc) is 2.38. The number of hydrogen-bond acceptors (Lipinski definition) is 4. The second kappa shape index (κ2) is 7.49. The zero-order valence-corrected chi connectivity index (χ0v) is 12.0. The molecule has 0 bridgehead atoms. The number of nitrogens with one attached hydrogen (secondary N) is 1. The topological polar surface area (TPSA) is 101 Å². The number of rotatable bonds is 7. The van der Waals surface area contributed by atoms with Gasteiger partial charge < -0.3 is 16.8 Å². The maximum atomic E-state index is 11.6. The van der Waals surface area contributed by atoms with E-state index in [2.05, 4.69) is 5.32 Å². The number of amides is 2. The zero-order chi connectivity index (χ0) is 15.1. The lowest BCUT2D eigenvalue weighted by Gasteiger charge is -2.17. The van der Waals surface area contributed by atoms with Crippen LogP contribution in [0, 0.1) is 0 Å². The van der Waals surface area contributed by atoms with Gasteiger partial charge in [0.1, 0.15) is 0 Å². The lowest BCUT2D eigenvalue weighted by atomic mass is 10.1. The van der Waals surface area contributed by atoms with Crippen molar-refractivity contribution >= 4 is 17.5 Å². The van der Waals surface area contributed by atoms with Crippen LogP contribution in [0.2, 0.25) is 0 Å². The lowest BCUT2D eigenvalue weighted by Crippen LogP contribution is -2.35. The van der Waals surface area contributed by atoms with E-state index < -0.39 is 5.91 Å². The molecule has 1 aromatic rings. The Morgan fingerprint density at radius 1 is 1.35 bits per heavy atom. The summed E-state index contributed by atoms with van der Waals surface area (Å²) in [5, 5.41) is 2.81. The Kier molecular flexibility index (Phi) is 5.99. The minimum absolute atomic E-state index is 0.0123.